The van der Waals surface area contributed by atoms with Crippen molar-refractivity contribution in [3.8, 4) is 0 Å². The molecule has 9 heteroatoms. The number of thiocarbonyl (C=S) groups is 2. The van der Waals surface area contributed by atoms with Crippen molar-refractivity contribution < 1.29 is 4.79 Å². The first-order valence-corrected chi connectivity index (χ1v) is 3.73. The minimum atomic E-state index is 0.750. The van der Waals surface area contributed by atoms with Crippen molar-refractivity contribution in [2.24, 2.45) is 0 Å². The highest BCUT2D eigenvalue weighted by molar-refractivity contribution is 7.78. The molecule has 78 valence electrons. The smallest absolute Gasteiger partial charge is 0.231 e. The molecule has 1 heterocycles. The molecule has 0 saturated carbocycles. The first-order chi connectivity index (χ1) is 7.24. The SMILES string of the molecule is N=C=O.N=C=S.N=C=S.c1ncncn1. The van der Waals surface area contributed by atoms with Crippen molar-refractivity contribution in [3.63, 3.8) is 0 Å². The Morgan fingerprint density at radius 2 is 1.00 bits per heavy atom. The fraction of sp³-hybridized carbons (Fsp3) is 0. The summed E-state index contributed by atoms with van der Waals surface area (Å²) < 4.78 is 0. The molecule has 1 aromatic heterocycles. The van der Waals surface area contributed by atoms with Crippen molar-refractivity contribution >= 4 is 40.8 Å². The van der Waals surface area contributed by atoms with Crippen LogP contribution < -0.4 is 0 Å². The molecule has 0 unspecified atom stereocenters. The second-order valence-electron chi connectivity index (χ2n) is 1.10. The van der Waals surface area contributed by atoms with Gasteiger partial charge in [-0.3, -0.25) is 0 Å². The Balaban J connectivity index is -0.000000140. The van der Waals surface area contributed by atoms with Crippen LogP contribution in [0.1, 0.15) is 0 Å². The molecular formula is C6H6N6OS2. The third kappa shape index (κ3) is 75.2. The largest absolute Gasteiger partial charge is 0.248 e. The molecule has 0 radical (unpaired) electrons. The van der Waals surface area contributed by atoms with Crippen LogP contribution in [0.3, 0.4) is 0 Å². The lowest BCUT2D eigenvalue weighted by atomic mass is 11.1. The summed E-state index contributed by atoms with van der Waals surface area (Å²) in [5, 5.41) is 20.1. The predicted octanol–water partition coefficient (Wildman–Crippen LogP) is 1.11. The summed E-state index contributed by atoms with van der Waals surface area (Å²) in [6, 6.07) is 0. The lowest BCUT2D eigenvalue weighted by Crippen LogP contribution is -1.73. The summed E-state index contributed by atoms with van der Waals surface area (Å²) in [5.41, 5.74) is 0. The van der Waals surface area contributed by atoms with Crippen molar-refractivity contribution in [1.29, 1.82) is 16.2 Å². The van der Waals surface area contributed by atoms with Gasteiger partial charge in [0.05, 0.1) is 10.3 Å². The van der Waals surface area contributed by atoms with Gasteiger partial charge in [-0.15, -0.1) is 0 Å². The van der Waals surface area contributed by atoms with Crippen LogP contribution in [0.25, 0.3) is 0 Å². The van der Waals surface area contributed by atoms with E-state index in [0.29, 0.717) is 0 Å². The van der Waals surface area contributed by atoms with Crippen LogP contribution in [0, 0.1) is 16.2 Å². The second kappa shape index (κ2) is 29.6. The lowest BCUT2D eigenvalue weighted by Gasteiger charge is -1.69. The molecule has 0 aliphatic heterocycles. The minimum absolute atomic E-state index is 0.750. The van der Waals surface area contributed by atoms with Gasteiger partial charge in [-0.25, -0.2) is 36.0 Å². The lowest BCUT2D eigenvalue weighted by molar-refractivity contribution is 0.563. The average molecular weight is 242 g/mol. The standard InChI is InChI=1S/C3H3N3.CHNO.2CHNS/c1-4-2-6-3-5-1;3*2-1-3/h1-3H;3*2H. The van der Waals surface area contributed by atoms with Gasteiger partial charge in [-0.05, 0) is 24.4 Å². The first-order valence-electron chi connectivity index (χ1n) is 2.91. The van der Waals surface area contributed by atoms with Crippen molar-refractivity contribution in [3.05, 3.63) is 19.0 Å². The quantitative estimate of drug-likeness (QED) is 0.355. The molecule has 0 aromatic carbocycles. The number of nitrogens with zero attached hydrogens (tertiary/aromatic N) is 3. The normalized spacial score (nSPS) is 4.80. The molecule has 15 heavy (non-hydrogen) atoms. The van der Waals surface area contributed by atoms with Gasteiger partial charge in [-0.1, -0.05) is 0 Å². The Labute approximate surface area is 96.1 Å². The highest BCUT2D eigenvalue weighted by Gasteiger charge is 1.59. The van der Waals surface area contributed by atoms with Crippen LogP contribution >= 0.6 is 24.4 Å². The zero-order chi connectivity index (χ0) is 12.4. The number of carbonyl (C=O) groups excluding carboxylic acids is 1. The summed E-state index contributed by atoms with van der Waals surface area (Å²) in [5.74, 6) is 0. The Morgan fingerprint density at radius 1 is 0.867 bits per heavy atom. The van der Waals surface area contributed by atoms with E-state index in [1.165, 1.54) is 19.0 Å². The highest BCUT2D eigenvalue weighted by Crippen LogP contribution is 1.57. The molecule has 1 rings (SSSR count). The maximum absolute atomic E-state index is 8.35. The molecule has 0 amide bonds. The Morgan fingerprint density at radius 3 is 1.07 bits per heavy atom. The average Bonchev–Trinajstić information content (AvgIpc) is 2.24. The third-order valence-electron chi connectivity index (χ3n) is 0.400. The number of rotatable bonds is 0. The maximum atomic E-state index is 8.35. The molecule has 1 aromatic rings. The van der Waals surface area contributed by atoms with Crippen molar-refractivity contribution in [2.45, 2.75) is 0 Å². The van der Waals surface area contributed by atoms with Gasteiger partial charge in [0.2, 0.25) is 6.08 Å². The monoisotopic (exact) mass is 242 g/mol. The van der Waals surface area contributed by atoms with Crippen LogP contribution in [0.2, 0.25) is 0 Å². The summed E-state index contributed by atoms with van der Waals surface area (Å²) >= 11 is 7.62. The van der Waals surface area contributed by atoms with E-state index in [1.54, 1.807) is 10.3 Å². The van der Waals surface area contributed by atoms with E-state index in [4.69, 9.17) is 21.0 Å². The zero-order valence-electron chi connectivity index (χ0n) is 7.30. The van der Waals surface area contributed by atoms with E-state index in [9.17, 15) is 0 Å². The molecule has 0 bridgehead atoms. The maximum Gasteiger partial charge on any atom is 0.231 e. The number of hydrogen-bond acceptors (Lipinski definition) is 9. The first kappa shape index (κ1) is 18.7. The van der Waals surface area contributed by atoms with E-state index in [2.05, 4.69) is 39.4 Å². The van der Waals surface area contributed by atoms with Crippen molar-refractivity contribution in [1.82, 2.24) is 15.0 Å². The number of aromatic nitrogens is 3. The molecule has 0 aliphatic rings. The van der Waals surface area contributed by atoms with Gasteiger partial charge in [0.15, 0.2) is 0 Å². The Hall–Kier alpha value is -2.01. The fourth-order valence-electron chi connectivity index (χ4n) is 0.205. The van der Waals surface area contributed by atoms with E-state index >= 15 is 0 Å². The van der Waals surface area contributed by atoms with E-state index in [1.807, 2.05) is 0 Å². The van der Waals surface area contributed by atoms with E-state index < -0.39 is 0 Å². The number of hydrogen-bond donors (Lipinski definition) is 3. The topological polar surface area (TPSA) is 127 Å². The summed E-state index contributed by atoms with van der Waals surface area (Å²) in [7, 11) is 0. The molecule has 0 aliphatic carbocycles. The van der Waals surface area contributed by atoms with Gasteiger partial charge in [0.1, 0.15) is 19.0 Å². The molecule has 0 saturated heterocycles. The molecule has 0 atom stereocenters. The number of nitrogens with one attached hydrogen (secondary N) is 3. The number of isothiocyanates is 2. The summed E-state index contributed by atoms with van der Waals surface area (Å²) in [4.78, 5) is 19.0. The van der Waals surface area contributed by atoms with Crippen LogP contribution in [-0.2, 0) is 4.79 Å². The third-order valence-corrected chi connectivity index (χ3v) is 0.400. The highest BCUT2D eigenvalue weighted by atomic mass is 32.1. The number of isocyanates is 1. The van der Waals surface area contributed by atoms with Gasteiger partial charge in [0.25, 0.3) is 0 Å². The van der Waals surface area contributed by atoms with Gasteiger partial charge in [0, 0.05) is 0 Å². The van der Waals surface area contributed by atoms with Crippen LogP contribution in [0.4, 0.5) is 0 Å². The predicted molar refractivity (Wildman–Crippen MR) is 58.9 cm³/mol. The minimum Gasteiger partial charge on any atom is -0.248 e. The van der Waals surface area contributed by atoms with Crippen LogP contribution in [-0.4, -0.2) is 31.4 Å². The Bertz CT molecular complexity index is 256. The van der Waals surface area contributed by atoms with Crippen LogP contribution in [0.15, 0.2) is 19.0 Å². The van der Waals surface area contributed by atoms with Crippen molar-refractivity contribution in [2.75, 3.05) is 0 Å². The fourth-order valence-corrected chi connectivity index (χ4v) is 0.205. The summed E-state index contributed by atoms with van der Waals surface area (Å²) in [6.45, 7) is 0. The molecular weight excluding hydrogens is 236 g/mol. The van der Waals surface area contributed by atoms with Crippen LogP contribution in [0.5, 0.6) is 0 Å². The zero-order valence-corrected chi connectivity index (χ0v) is 8.93. The molecule has 0 spiro atoms. The molecule has 0 fully saturated rings. The van der Waals surface area contributed by atoms with E-state index in [-0.39, 0.29) is 0 Å². The second-order valence-corrected chi connectivity index (χ2v) is 1.51. The van der Waals surface area contributed by atoms with Gasteiger partial charge in [-0.2, -0.15) is 0 Å². The molecule has 7 nitrogen and oxygen atoms in total. The summed E-state index contributed by atoms with van der Waals surface area (Å²) in [6.07, 6.45) is 5.06. The van der Waals surface area contributed by atoms with Gasteiger partial charge >= 0.3 is 0 Å². The van der Waals surface area contributed by atoms with Gasteiger partial charge < -0.3 is 0 Å². The van der Waals surface area contributed by atoms with E-state index in [0.717, 1.165) is 6.08 Å². The Kier molecular flexibility index (Phi) is 37.0. The molecule has 3 N–H and O–H groups in total.